The number of hydrogen-bond donors (Lipinski definition) is 2. The average Bonchev–Trinajstić information content (AvgIpc) is 2.87. The van der Waals surface area contributed by atoms with Crippen LogP contribution < -0.4 is 11.1 Å². The molecule has 0 saturated carbocycles. The predicted molar refractivity (Wildman–Crippen MR) is 82.3 cm³/mol. The van der Waals surface area contributed by atoms with Crippen molar-refractivity contribution in [2.75, 3.05) is 13.1 Å². The quantitative estimate of drug-likeness (QED) is 0.845. The lowest BCUT2D eigenvalue weighted by Crippen LogP contribution is -2.41. The van der Waals surface area contributed by atoms with Crippen LogP contribution in [0, 0.1) is 6.92 Å². The summed E-state index contributed by atoms with van der Waals surface area (Å²) in [6.45, 7) is 0.0807. The fourth-order valence-corrected chi connectivity index (χ4v) is 2.26. The average molecular weight is 373 g/mol. The number of nitrogens with two attached hydrogens (primary N) is 1. The molecule has 0 aliphatic heterocycles. The maximum atomic E-state index is 13.1. The van der Waals surface area contributed by atoms with Gasteiger partial charge in [0.2, 0.25) is 0 Å². The second kappa shape index (κ2) is 6.53. The van der Waals surface area contributed by atoms with Gasteiger partial charge in [-0.25, -0.2) is 13.5 Å². The first-order valence-corrected chi connectivity index (χ1v) is 7.30. The van der Waals surface area contributed by atoms with Crippen molar-refractivity contribution < 1.29 is 13.6 Å². The fraction of sp³-hybridized carbons (Fsp3) is 0.286. The van der Waals surface area contributed by atoms with E-state index in [-0.39, 0.29) is 5.56 Å². The standard InChI is InChI=1S/C14H15BrF2N4O/c1-9-12(13(22)19-8-14(16,17)7-18)6-20-21(9)11-4-2-3-10(15)5-11/h2-6H,7-8,18H2,1H3,(H,19,22). The first-order chi connectivity index (χ1) is 10.3. The molecule has 0 spiro atoms. The molecule has 0 aliphatic carbocycles. The Kier molecular flexibility index (Phi) is 4.92. The minimum atomic E-state index is -3.12. The van der Waals surface area contributed by atoms with E-state index in [1.165, 1.54) is 6.20 Å². The maximum Gasteiger partial charge on any atom is 0.277 e. The summed E-state index contributed by atoms with van der Waals surface area (Å²) in [5.74, 6) is -3.73. The zero-order valence-electron chi connectivity index (χ0n) is 11.8. The Labute approximate surface area is 134 Å². The molecule has 118 valence electrons. The molecule has 0 unspecified atom stereocenters. The number of rotatable bonds is 5. The van der Waals surface area contributed by atoms with Crippen molar-refractivity contribution in [1.29, 1.82) is 0 Å². The molecule has 1 amide bonds. The molecule has 1 aromatic carbocycles. The number of alkyl halides is 2. The van der Waals surface area contributed by atoms with Gasteiger partial charge in [-0.15, -0.1) is 0 Å². The van der Waals surface area contributed by atoms with Gasteiger partial charge in [-0.3, -0.25) is 4.79 Å². The van der Waals surface area contributed by atoms with Gasteiger partial charge >= 0.3 is 0 Å². The van der Waals surface area contributed by atoms with E-state index < -0.39 is 24.9 Å². The Balaban J connectivity index is 2.19. The zero-order chi connectivity index (χ0) is 16.3. The monoisotopic (exact) mass is 372 g/mol. The van der Waals surface area contributed by atoms with E-state index in [1.54, 1.807) is 11.6 Å². The van der Waals surface area contributed by atoms with Gasteiger partial charge < -0.3 is 11.1 Å². The smallest absolute Gasteiger partial charge is 0.277 e. The molecule has 0 bridgehead atoms. The van der Waals surface area contributed by atoms with E-state index in [2.05, 4.69) is 26.3 Å². The minimum absolute atomic E-state index is 0.243. The normalized spacial score (nSPS) is 11.5. The van der Waals surface area contributed by atoms with Crippen molar-refractivity contribution in [1.82, 2.24) is 15.1 Å². The molecule has 1 heterocycles. The van der Waals surface area contributed by atoms with Crippen molar-refractivity contribution in [3.05, 3.63) is 46.2 Å². The Morgan fingerprint density at radius 2 is 2.23 bits per heavy atom. The van der Waals surface area contributed by atoms with Crippen LogP contribution in [0.1, 0.15) is 16.1 Å². The molecule has 3 N–H and O–H groups in total. The molecular formula is C14H15BrF2N4O. The van der Waals surface area contributed by atoms with Gasteiger partial charge in [-0.2, -0.15) is 5.10 Å². The van der Waals surface area contributed by atoms with Crippen molar-refractivity contribution in [2.45, 2.75) is 12.8 Å². The Morgan fingerprint density at radius 3 is 2.86 bits per heavy atom. The molecule has 2 rings (SSSR count). The minimum Gasteiger partial charge on any atom is -0.346 e. The van der Waals surface area contributed by atoms with E-state index in [0.29, 0.717) is 5.69 Å². The van der Waals surface area contributed by atoms with E-state index in [0.717, 1.165) is 10.2 Å². The summed E-state index contributed by atoms with van der Waals surface area (Å²) in [6, 6.07) is 7.37. The molecule has 0 fully saturated rings. The van der Waals surface area contributed by atoms with Crippen LogP contribution in [-0.4, -0.2) is 34.7 Å². The third kappa shape index (κ3) is 3.69. The summed E-state index contributed by atoms with van der Waals surface area (Å²) in [5, 5.41) is 6.31. The van der Waals surface area contributed by atoms with Crippen LogP contribution in [0.3, 0.4) is 0 Å². The largest absolute Gasteiger partial charge is 0.346 e. The van der Waals surface area contributed by atoms with Crippen LogP contribution in [0.4, 0.5) is 8.78 Å². The van der Waals surface area contributed by atoms with E-state index >= 15 is 0 Å². The second-order valence-electron chi connectivity index (χ2n) is 4.78. The predicted octanol–water partition coefficient (Wildman–Crippen LogP) is 2.27. The van der Waals surface area contributed by atoms with Crippen molar-refractivity contribution in [3.8, 4) is 5.69 Å². The van der Waals surface area contributed by atoms with Crippen LogP contribution in [0.2, 0.25) is 0 Å². The van der Waals surface area contributed by atoms with E-state index in [9.17, 15) is 13.6 Å². The van der Waals surface area contributed by atoms with Gasteiger partial charge in [-0.05, 0) is 25.1 Å². The number of amides is 1. The van der Waals surface area contributed by atoms with Gasteiger partial charge in [0, 0.05) is 4.47 Å². The lowest BCUT2D eigenvalue weighted by atomic mass is 10.2. The summed E-state index contributed by atoms with van der Waals surface area (Å²) >= 11 is 3.36. The van der Waals surface area contributed by atoms with Gasteiger partial charge in [0.1, 0.15) is 0 Å². The number of carbonyl (C=O) groups excluding carboxylic acids is 1. The SMILES string of the molecule is Cc1c(C(=O)NCC(F)(F)CN)cnn1-c1cccc(Br)c1. The highest BCUT2D eigenvalue weighted by molar-refractivity contribution is 9.10. The summed E-state index contributed by atoms with van der Waals surface area (Å²) in [4.78, 5) is 12.0. The van der Waals surface area contributed by atoms with Crippen molar-refractivity contribution in [3.63, 3.8) is 0 Å². The van der Waals surface area contributed by atoms with Gasteiger partial charge in [0.05, 0.1) is 36.2 Å². The number of halogens is 3. The Bertz CT molecular complexity index is 687. The van der Waals surface area contributed by atoms with Crippen LogP contribution in [-0.2, 0) is 0 Å². The second-order valence-corrected chi connectivity index (χ2v) is 5.69. The Morgan fingerprint density at radius 1 is 1.50 bits per heavy atom. The molecule has 1 aromatic heterocycles. The highest BCUT2D eigenvalue weighted by Crippen LogP contribution is 2.18. The molecule has 0 aliphatic rings. The molecule has 0 saturated heterocycles. The third-order valence-corrected chi connectivity index (χ3v) is 3.61. The molecule has 0 atom stereocenters. The molecule has 0 radical (unpaired) electrons. The number of aromatic nitrogens is 2. The fourth-order valence-electron chi connectivity index (χ4n) is 1.88. The maximum absolute atomic E-state index is 13.1. The Hall–Kier alpha value is -1.80. The van der Waals surface area contributed by atoms with Gasteiger partial charge in [-0.1, -0.05) is 22.0 Å². The number of carbonyl (C=O) groups is 1. The van der Waals surface area contributed by atoms with E-state index in [4.69, 9.17) is 5.73 Å². The lowest BCUT2D eigenvalue weighted by Gasteiger charge is -2.14. The molecule has 2 aromatic rings. The van der Waals surface area contributed by atoms with Gasteiger partial charge in [0.25, 0.3) is 11.8 Å². The highest BCUT2D eigenvalue weighted by Gasteiger charge is 2.28. The van der Waals surface area contributed by atoms with Crippen LogP contribution >= 0.6 is 15.9 Å². The van der Waals surface area contributed by atoms with Gasteiger partial charge in [0.15, 0.2) is 0 Å². The van der Waals surface area contributed by atoms with Crippen LogP contribution in [0.25, 0.3) is 5.69 Å². The highest BCUT2D eigenvalue weighted by atomic mass is 79.9. The summed E-state index contributed by atoms with van der Waals surface area (Å²) in [6.07, 6.45) is 1.35. The third-order valence-electron chi connectivity index (χ3n) is 3.11. The first-order valence-electron chi connectivity index (χ1n) is 6.51. The number of nitrogens with one attached hydrogen (secondary N) is 1. The lowest BCUT2D eigenvalue weighted by molar-refractivity contribution is 0.0118. The molecular weight excluding hydrogens is 358 g/mol. The van der Waals surface area contributed by atoms with E-state index in [1.807, 2.05) is 24.3 Å². The summed E-state index contributed by atoms with van der Waals surface area (Å²) in [7, 11) is 0. The summed E-state index contributed by atoms with van der Waals surface area (Å²) in [5.41, 5.74) is 6.50. The van der Waals surface area contributed by atoms with Crippen molar-refractivity contribution >= 4 is 21.8 Å². The van der Waals surface area contributed by atoms with Crippen LogP contribution in [0.5, 0.6) is 0 Å². The number of hydrogen-bond acceptors (Lipinski definition) is 3. The topological polar surface area (TPSA) is 72.9 Å². The zero-order valence-corrected chi connectivity index (χ0v) is 13.4. The van der Waals surface area contributed by atoms with Crippen LogP contribution in [0.15, 0.2) is 34.9 Å². The number of benzene rings is 1. The molecule has 5 nitrogen and oxygen atoms in total. The first kappa shape index (κ1) is 16.6. The molecule has 22 heavy (non-hydrogen) atoms. The molecule has 8 heteroatoms. The summed E-state index contributed by atoms with van der Waals surface area (Å²) < 4.78 is 28.6. The van der Waals surface area contributed by atoms with Crippen molar-refractivity contribution in [2.24, 2.45) is 5.73 Å². The number of nitrogens with zero attached hydrogens (tertiary/aromatic N) is 2.